The van der Waals surface area contributed by atoms with E-state index in [2.05, 4.69) is 64.5 Å². The third-order valence-corrected chi connectivity index (χ3v) is 9.54. The number of allylic oxidation sites excluding steroid dienone is 4. The van der Waals surface area contributed by atoms with Gasteiger partial charge in [0.15, 0.2) is 23.1 Å². The van der Waals surface area contributed by atoms with Crippen LogP contribution >= 0.6 is 31.9 Å². The molecule has 5 rings (SSSR count). The van der Waals surface area contributed by atoms with E-state index in [1.54, 1.807) is 0 Å². The Morgan fingerprint density at radius 2 is 1.43 bits per heavy atom. The Balaban J connectivity index is 1.65. The highest BCUT2D eigenvalue weighted by Crippen LogP contribution is 2.55. The van der Waals surface area contributed by atoms with Crippen LogP contribution in [-0.4, -0.2) is 30.1 Å². The summed E-state index contributed by atoms with van der Waals surface area (Å²) in [6.07, 6.45) is 2.51. The Bertz CT molecular complexity index is 1400. The van der Waals surface area contributed by atoms with Crippen molar-refractivity contribution < 1.29 is 19.1 Å². The minimum absolute atomic E-state index is 0.121. The highest BCUT2D eigenvalue weighted by atomic mass is 79.9. The molecule has 0 atom stereocenters. The Kier molecular flexibility index (Phi) is 7.86. The summed E-state index contributed by atoms with van der Waals surface area (Å²) >= 11 is 7.35. The second-order valence-electron chi connectivity index (χ2n) is 12.7. The monoisotopic (exact) mass is 669 g/mol. The summed E-state index contributed by atoms with van der Waals surface area (Å²) in [6.45, 7) is 11.4. The SMILES string of the molecule is CCOc1cc(C2C3=C(CC(C)(C)CC3=O)N(C)C3=C2C(=O)CC(C)(C)C3)cc(Br)c1OCc1ccccc1Br. The number of Topliss-reactive ketones (excluding diaryl/α,β-unsaturated/α-hetero) is 2. The molecule has 40 heavy (non-hydrogen) atoms. The topological polar surface area (TPSA) is 55.8 Å². The van der Waals surface area contributed by atoms with Crippen LogP contribution in [-0.2, 0) is 16.2 Å². The molecule has 0 spiro atoms. The van der Waals surface area contributed by atoms with Crippen LogP contribution in [0.15, 0.2) is 67.9 Å². The molecular formula is C33H37Br2NO4. The van der Waals surface area contributed by atoms with Crippen molar-refractivity contribution >= 4 is 43.4 Å². The molecule has 0 bridgehead atoms. The predicted octanol–water partition coefficient (Wildman–Crippen LogP) is 8.50. The first kappa shape index (κ1) is 29.1. The number of halogens is 2. The van der Waals surface area contributed by atoms with Gasteiger partial charge in [-0.1, -0.05) is 61.8 Å². The molecular weight excluding hydrogens is 634 g/mol. The van der Waals surface area contributed by atoms with E-state index >= 15 is 0 Å². The fourth-order valence-corrected chi connectivity index (χ4v) is 7.39. The lowest BCUT2D eigenvalue weighted by Gasteiger charge is -2.48. The quantitative estimate of drug-likeness (QED) is 0.309. The zero-order valence-corrected chi connectivity index (χ0v) is 27.3. The van der Waals surface area contributed by atoms with Crippen molar-refractivity contribution in [2.75, 3.05) is 13.7 Å². The van der Waals surface area contributed by atoms with Gasteiger partial charge in [0.05, 0.1) is 11.1 Å². The molecule has 5 nitrogen and oxygen atoms in total. The molecule has 2 aliphatic carbocycles. The fraction of sp³-hybridized carbons (Fsp3) is 0.455. The average molecular weight is 671 g/mol. The molecule has 0 radical (unpaired) electrons. The maximum Gasteiger partial charge on any atom is 0.175 e. The van der Waals surface area contributed by atoms with Crippen molar-refractivity contribution in [1.82, 2.24) is 4.90 Å². The lowest BCUT2D eigenvalue weighted by Crippen LogP contribution is -2.43. The largest absolute Gasteiger partial charge is 0.490 e. The number of hydrogen-bond acceptors (Lipinski definition) is 5. The van der Waals surface area contributed by atoms with Gasteiger partial charge in [-0.2, -0.15) is 0 Å². The summed E-state index contributed by atoms with van der Waals surface area (Å²) in [5, 5.41) is 0. The van der Waals surface area contributed by atoms with Gasteiger partial charge in [-0.25, -0.2) is 0 Å². The zero-order valence-electron chi connectivity index (χ0n) is 24.1. The van der Waals surface area contributed by atoms with Gasteiger partial charge in [0.1, 0.15) is 6.61 Å². The van der Waals surface area contributed by atoms with Crippen LogP contribution in [0, 0.1) is 10.8 Å². The van der Waals surface area contributed by atoms with Crippen molar-refractivity contribution in [3.05, 3.63) is 79.0 Å². The first-order valence-corrected chi connectivity index (χ1v) is 15.5. The van der Waals surface area contributed by atoms with E-state index in [1.165, 1.54) is 0 Å². The Morgan fingerprint density at radius 3 is 1.98 bits per heavy atom. The molecule has 2 aromatic rings. The number of nitrogens with zero attached hydrogens (tertiary/aromatic N) is 1. The van der Waals surface area contributed by atoms with Gasteiger partial charge < -0.3 is 14.4 Å². The summed E-state index contributed by atoms with van der Waals surface area (Å²) in [6, 6.07) is 11.9. The van der Waals surface area contributed by atoms with Crippen molar-refractivity contribution in [3.8, 4) is 11.5 Å². The number of carbonyl (C=O) groups excluding carboxylic acids is 2. The third kappa shape index (κ3) is 5.44. The molecule has 1 heterocycles. The highest BCUT2D eigenvalue weighted by molar-refractivity contribution is 9.10. The van der Waals surface area contributed by atoms with Crippen molar-refractivity contribution in [3.63, 3.8) is 0 Å². The Labute approximate surface area is 254 Å². The summed E-state index contributed by atoms with van der Waals surface area (Å²) in [5.74, 6) is 1.01. The van der Waals surface area contributed by atoms with E-state index in [-0.39, 0.29) is 22.4 Å². The number of rotatable bonds is 6. The molecule has 0 fully saturated rings. The van der Waals surface area contributed by atoms with E-state index in [4.69, 9.17) is 9.47 Å². The molecule has 0 aromatic heterocycles. The van der Waals surface area contributed by atoms with Crippen molar-refractivity contribution in [2.24, 2.45) is 10.8 Å². The summed E-state index contributed by atoms with van der Waals surface area (Å²) < 4.78 is 14.1. The molecule has 3 aliphatic rings. The Morgan fingerprint density at radius 1 is 0.850 bits per heavy atom. The Hall–Kier alpha value is -2.38. The lowest BCUT2D eigenvalue weighted by atomic mass is 9.64. The molecule has 7 heteroatoms. The molecule has 212 valence electrons. The summed E-state index contributed by atoms with van der Waals surface area (Å²) in [5.41, 5.74) is 5.21. The van der Waals surface area contributed by atoms with Gasteiger partial charge in [-0.3, -0.25) is 9.59 Å². The van der Waals surface area contributed by atoms with Crippen LogP contribution in [0.25, 0.3) is 0 Å². The second kappa shape index (κ2) is 10.8. The van der Waals surface area contributed by atoms with Crippen LogP contribution in [0.1, 0.15) is 77.3 Å². The van der Waals surface area contributed by atoms with Crippen LogP contribution in [0.5, 0.6) is 11.5 Å². The van der Waals surface area contributed by atoms with Crippen LogP contribution in [0.2, 0.25) is 0 Å². The first-order chi connectivity index (χ1) is 18.8. The van der Waals surface area contributed by atoms with Gasteiger partial charge in [-0.15, -0.1) is 0 Å². The van der Waals surface area contributed by atoms with E-state index in [0.29, 0.717) is 37.6 Å². The number of carbonyl (C=O) groups is 2. The molecule has 0 unspecified atom stereocenters. The van der Waals surface area contributed by atoms with Gasteiger partial charge >= 0.3 is 0 Å². The lowest BCUT2D eigenvalue weighted by molar-refractivity contribution is -0.119. The molecule has 0 saturated heterocycles. The van der Waals surface area contributed by atoms with Crippen LogP contribution in [0.4, 0.5) is 0 Å². The van der Waals surface area contributed by atoms with Crippen molar-refractivity contribution in [2.45, 2.75) is 72.8 Å². The summed E-state index contributed by atoms with van der Waals surface area (Å²) in [7, 11) is 2.03. The smallest absolute Gasteiger partial charge is 0.175 e. The normalized spacial score (nSPS) is 20.4. The van der Waals surface area contributed by atoms with E-state index < -0.39 is 5.92 Å². The van der Waals surface area contributed by atoms with E-state index in [0.717, 1.165) is 55.5 Å². The standard InChI is InChI=1S/C33H37Br2NO4/c1-7-39-27-13-20(12-22(35)31(27)40-18-19-10-8-9-11-21(19)34)28-29-23(14-32(2,3)16-25(29)37)36(6)24-15-33(4,5)17-26(38)30(24)28/h8-13,28H,7,14-18H2,1-6H3. The number of ketones is 2. The molecule has 0 saturated carbocycles. The van der Waals surface area contributed by atoms with Gasteiger partial charge in [0, 0.05) is 58.4 Å². The van der Waals surface area contributed by atoms with Crippen molar-refractivity contribution in [1.29, 1.82) is 0 Å². The summed E-state index contributed by atoms with van der Waals surface area (Å²) in [4.78, 5) is 29.8. The molecule has 1 aliphatic heterocycles. The second-order valence-corrected chi connectivity index (χ2v) is 14.4. The van der Waals surface area contributed by atoms with E-state index in [1.807, 2.05) is 50.4 Å². The van der Waals surface area contributed by atoms with Gasteiger partial charge in [0.25, 0.3) is 0 Å². The predicted molar refractivity (Wildman–Crippen MR) is 164 cm³/mol. The maximum absolute atomic E-state index is 13.8. The van der Waals surface area contributed by atoms with Gasteiger partial charge in [-0.05, 0) is 70.3 Å². The number of ether oxygens (including phenoxy) is 2. The minimum atomic E-state index is -0.429. The zero-order chi connectivity index (χ0) is 29.0. The van der Waals surface area contributed by atoms with Crippen LogP contribution in [0.3, 0.4) is 0 Å². The average Bonchev–Trinajstić information content (AvgIpc) is 2.84. The molecule has 0 N–H and O–H groups in total. The van der Waals surface area contributed by atoms with Gasteiger partial charge in [0.2, 0.25) is 0 Å². The maximum atomic E-state index is 13.8. The molecule has 2 aromatic carbocycles. The van der Waals surface area contributed by atoms with E-state index in [9.17, 15) is 9.59 Å². The number of hydrogen-bond donors (Lipinski definition) is 0. The van der Waals surface area contributed by atoms with Crippen LogP contribution < -0.4 is 9.47 Å². The number of benzene rings is 2. The molecule has 0 amide bonds. The minimum Gasteiger partial charge on any atom is -0.490 e. The fourth-order valence-electron chi connectivity index (χ4n) is 6.42. The third-order valence-electron chi connectivity index (χ3n) is 8.17. The highest BCUT2D eigenvalue weighted by Gasteiger charge is 2.48. The first-order valence-electron chi connectivity index (χ1n) is 13.9.